The summed E-state index contributed by atoms with van der Waals surface area (Å²) in [5.41, 5.74) is 0.898. The van der Waals surface area contributed by atoms with Crippen LogP contribution in [0.4, 0.5) is 5.69 Å². The first-order valence-corrected chi connectivity index (χ1v) is 8.51. The standard InChI is InChI=1S/C17H18ClN3O3/c18-13-8-14-11(7-15(13)20-5-3-19-4-6-20)16(22)12(17(23)24)9-21(14)10-1-2-10/h7-10,19H,1-6H2,(H,23,24). The zero-order chi connectivity index (χ0) is 16.8. The number of rotatable bonds is 3. The van der Waals surface area contributed by atoms with E-state index in [1.807, 2.05) is 4.57 Å². The lowest BCUT2D eigenvalue weighted by molar-refractivity contribution is 0.0695. The van der Waals surface area contributed by atoms with E-state index in [2.05, 4.69) is 10.2 Å². The molecule has 2 N–H and O–H groups in total. The number of pyridine rings is 1. The van der Waals surface area contributed by atoms with Gasteiger partial charge < -0.3 is 19.9 Å². The minimum atomic E-state index is -1.19. The SMILES string of the molecule is O=C(O)c1cn(C2CC2)c2cc(Cl)c(N3CCNCC3)cc2c1=O. The summed E-state index contributed by atoms with van der Waals surface area (Å²) in [4.78, 5) is 26.2. The number of benzene rings is 1. The molecule has 2 aromatic rings. The molecule has 1 saturated carbocycles. The molecule has 1 aliphatic heterocycles. The van der Waals surface area contributed by atoms with Gasteiger partial charge in [0.05, 0.1) is 16.2 Å². The number of piperazine rings is 1. The topological polar surface area (TPSA) is 74.6 Å². The second-order valence-electron chi connectivity index (χ2n) is 6.37. The van der Waals surface area contributed by atoms with Gasteiger partial charge in [-0.2, -0.15) is 0 Å². The smallest absolute Gasteiger partial charge is 0.341 e. The van der Waals surface area contributed by atoms with Crippen LogP contribution >= 0.6 is 11.6 Å². The van der Waals surface area contributed by atoms with E-state index in [0.29, 0.717) is 10.4 Å². The van der Waals surface area contributed by atoms with Crippen LogP contribution in [-0.2, 0) is 0 Å². The van der Waals surface area contributed by atoms with Crippen LogP contribution in [0.1, 0.15) is 29.2 Å². The highest BCUT2D eigenvalue weighted by Gasteiger charge is 2.27. The van der Waals surface area contributed by atoms with Crippen LogP contribution in [0, 0.1) is 0 Å². The van der Waals surface area contributed by atoms with Crippen molar-refractivity contribution in [2.45, 2.75) is 18.9 Å². The summed E-state index contributed by atoms with van der Waals surface area (Å²) in [6, 6.07) is 3.82. The summed E-state index contributed by atoms with van der Waals surface area (Å²) in [7, 11) is 0. The molecule has 1 saturated heterocycles. The lowest BCUT2D eigenvalue weighted by Crippen LogP contribution is -2.43. The molecule has 0 amide bonds. The van der Waals surface area contributed by atoms with E-state index < -0.39 is 11.4 Å². The van der Waals surface area contributed by atoms with Crippen molar-refractivity contribution in [3.63, 3.8) is 0 Å². The number of anilines is 1. The first-order valence-electron chi connectivity index (χ1n) is 8.13. The summed E-state index contributed by atoms with van der Waals surface area (Å²) >= 11 is 6.49. The van der Waals surface area contributed by atoms with E-state index in [9.17, 15) is 14.7 Å². The van der Waals surface area contributed by atoms with Crippen molar-refractivity contribution in [2.24, 2.45) is 0 Å². The molecular weight excluding hydrogens is 330 g/mol. The first kappa shape index (κ1) is 15.5. The maximum absolute atomic E-state index is 12.6. The Hall–Kier alpha value is -2.05. The van der Waals surface area contributed by atoms with Gasteiger partial charge in [0.1, 0.15) is 5.56 Å². The zero-order valence-corrected chi connectivity index (χ0v) is 13.8. The second-order valence-corrected chi connectivity index (χ2v) is 6.78. The van der Waals surface area contributed by atoms with Gasteiger partial charge in [-0.25, -0.2) is 4.79 Å². The molecule has 0 spiro atoms. The minimum Gasteiger partial charge on any atom is -0.477 e. The molecule has 6 nitrogen and oxygen atoms in total. The van der Waals surface area contributed by atoms with Crippen molar-refractivity contribution in [1.29, 1.82) is 0 Å². The molecule has 0 unspecified atom stereocenters. The van der Waals surface area contributed by atoms with Crippen LogP contribution in [0.2, 0.25) is 5.02 Å². The number of hydrogen-bond acceptors (Lipinski definition) is 4. The largest absolute Gasteiger partial charge is 0.477 e. The van der Waals surface area contributed by atoms with Crippen molar-refractivity contribution >= 4 is 34.2 Å². The summed E-state index contributed by atoms with van der Waals surface area (Å²) in [6.45, 7) is 3.33. The van der Waals surface area contributed by atoms with Crippen molar-refractivity contribution in [3.8, 4) is 0 Å². The van der Waals surface area contributed by atoms with Crippen LogP contribution in [0.25, 0.3) is 10.9 Å². The molecule has 7 heteroatoms. The Labute approximate surface area is 143 Å². The molecule has 24 heavy (non-hydrogen) atoms. The highest BCUT2D eigenvalue weighted by Crippen LogP contribution is 2.39. The molecule has 2 aliphatic rings. The van der Waals surface area contributed by atoms with Gasteiger partial charge >= 0.3 is 5.97 Å². The molecule has 0 radical (unpaired) electrons. The average Bonchev–Trinajstić information content (AvgIpc) is 3.40. The lowest BCUT2D eigenvalue weighted by atomic mass is 10.1. The number of aromatic nitrogens is 1. The predicted molar refractivity (Wildman–Crippen MR) is 93.5 cm³/mol. The van der Waals surface area contributed by atoms with Crippen molar-refractivity contribution in [1.82, 2.24) is 9.88 Å². The average molecular weight is 348 g/mol. The number of nitrogens with one attached hydrogen (secondary N) is 1. The number of aromatic carboxylic acids is 1. The predicted octanol–water partition coefficient (Wildman–Crippen LogP) is 2.10. The summed E-state index contributed by atoms with van der Waals surface area (Å²) in [6.07, 6.45) is 3.45. The molecular formula is C17H18ClN3O3. The van der Waals surface area contributed by atoms with Crippen LogP contribution in [0.5, 0.6) is 0 Å². The quantitative estimate of drug-likeness (QED) is 0.889. The Bertz CT molecular complexity index is 883. The van der Waals surface area contributed by atoms with Gasteiger partial charge in [0, 0.05) is 43.8 Å². The monoisotopic (exact) mass is 347 g/mol. The van der Waals surface area contributed by atoms with Crippen molar-refractivity contribution in [2.75, 3.05) is 31.1 Å². The number of halogens is 1. The molecule has 2 fully saturated rings. The Morgan fingerprint density at radius 3 is 2.58 bits per heavy atom. The number of fused-ring (bicyclic) bond motifs is 1. The molecule has 126 valence electrons. The fourth-order valence-corrected chi connectivity index (χ4v) is 3.59. The third-order valence-electron chi connectivity index (χ3n) is 4.73. The van der Waals surface area contributed by atoms with Gasteiger partial charge in [-0.1, -0.05) is 11.6 Å². The molecule has 1 aromatic heterocycles. The maximum Gasteiger partial charge on any atom is 0.341 e. The van der Waals surface area contributed by atoms with E-state index in [4.69, 9.17) is 11.6 Å². The van der Waals surface area contributed by atoms with Crippen LogP contribution < -0.4 is 15.6 Å². The van der Waals surface area contributed by atoms with E-state index in [1.54, 1.807) is 12.1 Å². The first-order chi connectivity index (χ1) is 11.6. The van der Waals surface area contributed by atoms with Gasteiger partial charge in [0.15, 0.2) is 0 Å². The number of carboxylic acid groups (broad SMARTS) is 1. The Kier molecular flexibility index (Phi) is 3.73. The maximum atomic E-state index is 12.6. The summed E-state index contributed by atoms with van der Waals surface area (Å²) in [5.74, 6) is -1.19. The van der Waals surface area contributed by atoms with E-state index in [1.165, 1.54) is 6.20 Å². The molecule has 1 aliphatic carbocycles. The summed E-state index contributed by atoms with van der Waals surface area (Å²) in [5, 5.41) is 13.7. The lowest BCUT2D eigenvalue weighted by Gasteiger charge is -2.30. The third-order valence-corrected chi connectivity index (χ3v) is 5.03. The van der Waals surface area contributed by atoms with Gasteiger partial charge in [-0.15, -0.1) is 0 Å². The van der Waals surface area contributed by atoms with E-state index >= 15 is 0 Å². The Balaban J connectivity index is 1.95. The van der Waals surface area contributed by atoms with Crippen LogP contribution in [-0.4, -0.2) is 41.8 Å². The van der Waals surface area contributed by atoms with Gasteiger partial charge in [0.2, 0.25) is 5.43 Å². The molecule has 4 rings (SSSR count). The fourth-order valence-electron chi connectivity index (χ4n) is 3.31. The van der Waals surface area contributed by atoms with Crippen LogP contribution in [0.15, 0.2) is 23.1 Å². The number of hydrogen-bond donors (Lipinski definition) is 2. The van der Waals surface area contributed by atoms with Crippen molar-refractivity contribution in [3.05, 3.63) is 39.1 Å². The molecule has 1 aromatic carbocycles. The van der Waals surface area contributed by atoms with E-state index in [-0.39, 0.29) is 11.6 Å². The zero-order valence-electron chi connectivity index (χ0n) is 13.1. The number of carboxylic acids is 1. The number of nitrogens with zero attached hydrogens (tertiary/aromatic N) is 2. The van der Waals surface area contributed by atoms with Gasteiger partial charge in [0.25, 0.3) is 0 Å². The van der Waals surface area contributed by atoms with Crippen LogP contribution in [0.3, 0.4) is 0 Å². The van der Waals surface area contributed by atoms with Gasteiger partial charge in [-0.3, -0.25) is 4.79 Å². The fraction of sp³-hybridized carbons (Fsp3) is 0.412. The highest BCUT2D eigenvalue weighted by molar-refractivity contribution is 6.34. The molecule has 2 heterocycles. The molecule has 0 bridgehead atoms. The second kappa shape index (κ2) is 5.79. The van der Waals surface area contributed by atoms with E-state index in [0.717, 1.165) is 50.2 Å². The van der Waals surface area contributed by atoms with Gasteiger partial charge in [-0.05, 0) is 25.0 Å². The number of carbonyl (C=O) groups is 1. The normalized spacial score (nSPS) is 18.1. The third kappa shape index (κ3) is 2.56. The highest BCUT2D eigenvalue weighted by atomic mass is 35.5. The Morgan fingerprint density at radius 2 is 1.96 bits per heavy atom. The Morgan fingerprint density at radius 1 is 1.25 bits per heavy atom. The van der Waals surface area contributed by atoms with Crippen molar-refractivity contribution < 1.29 is 9.90 Å². The molecule has 0 atom stereocenters. The minimum absolute atomic E-state index is 0.178. The summed E-state index contributed by atoms with van der Waals surface area (Å²) < 4.78 is 1.90.